The van der Waals surface area contributed by atoms with Crippen LogP contribution in [0, 0.1) is 11.7 Å². The predicted molar refractivity (Wildman–Crippen MR) is 69.7 cm³/mol. The van der Waals surface area contributed by atoms with Gasteiger partial charge in [0.15, 0.2) is 0 Å². The second kappa shape index (κ2) is 5.36. The first-order chi connectivity index (χ1) is 8.49. The zero-order valence-corrected chi connectivity index (χ0v) is 11.7. The summed E-state index contributed by atoms with van der Waals surface area (Å²) in [6, 6.07) is 4.37. The normalized spacial score (nSPS) is 24.4. The standard InChI is InChI=1S/C13H15BrFNO2/c1-8-4-5-16(12(8)13(17)18)7-9-2-3-10(14)6-11(9)15/h2-3,6,8,12H,4-5,7H2,1H3,(H,17,18). The highest BCUT2D eigenvalue weighted by Gasteiger charge is 2.36. The van der Waals surface area contributed by atoms with E-state index in [1.807, 2.05) is 11.8 Å². The third kappa shape index (κ3) is 2.72. The SMILES string of the molecule is CC1CCN(Cc2ccc(Br)cc2F)C1C(=O)O. The van der Waals surface area contributed by atoms with Crippen LogP contribution in [-0.4, -0.2) is 28.6 Å². The fourth-order valence-electron chi connectivity index (χ4n) is 2.47. The second-order valence-electron chi connectivity index (χ2n) is 4.76. The van der Waals surface area contributed by atoms with Crippen molar-refractivity contribution < 1.29 is 14.3 Å². The highest BCUT2D eigenvalue weighted by Crippen LogP contribution is 2.27. The molecule has 1 saturated heterocycles. The van der Waals surface area contributed by atoms with Crippen molar-refractivity contribution in [2.75, 3.05) is 6.54 Å². The maximum absolute atomic E-state index is 13.7. The summed E-state index contributed by atoms with van der Waals surface area (Å²) in [5.74, 6) is -1.01. The number of aliphatic carboxylic acids is 1. The minimum atomic E-state index is -0.822. The van der Waals surface area contributed by atoms with Gasteiger partial charge in [0, 0.05) is 16.6 Å². The van der Waals surface area contributed by atoms with Gasteiger partial charge in [0.05, 0.1) is 0 Å². The van der Waals surface area contributed by atoms with E-state index in [-0.39, 0.29) is 11.7 Å². The first-order valence-corrected chi connectivity index (χ1v) is 6.69. The van der Waals surface area contributed by atoms with Crippen LogP contribution in [0.4, 0.5) is 4.39 Å². The molecule has 0 saturated carbocycles. The lowest BCUT2D eigenvalue weighted by atomic mass is 10.0. The van der Waals surface area contributed by atoms with Gasteiger partial charge in [0.25, 0.3) is 0 Å². The Morgan fingerprint density at radius 3 is 2.94 bits per heavy atom. The highest BCUT2D eigenvalue weighted by molar-refractivity contribution is 9.10. The number of benzene rings is 1. The van der Waals surface area contributed by atoms with Crippen molar-refractivity contribution in [1.82, 2.24) is 4.90 Å². The first kappa shape index (κ1) is 13.5. The molecule has 5 heteroatoms. The van der Waals surface area contributed by atoms with Crippen LogP contribution >= 0.6 is 15.9 Å². The molecule has 1 aromatic carbocycles. The predicted octanol–water partition coefficient (Wildman–Crippen LogP) is 2.88. The zero-order valence-electron chi connectivity index (χ0n) is 10.1. The number of halogens is 2. The molecule has 0 aliphatic carbocycles. The number of carboxylic acids is 1. The van der Waals surface area contributed by atoms with Crippen LogP contribution in [0.25, 0.3) is 0 Å². The van der Waals surface area contributed by atoms with E-state index in [9.17, 15) is 14.3 Å². The molecule has 1 aromatic rings. The fourth-order valence-corrected chi connectivity index (χ4v) is 2.81. The van der Waals surface area contributed by atoms with Crippen molar-refractivity contribution in [1.29, 1.82) is 0 Å². The van der Waals surface area contributed by atoms with Crippen molar-refractivity contribution in [2.45, 2.75) is 25.9 Å². The quantitative estimate of drug-likeness (QED) is 0.932. The van der Waals surface area contributed by atoms with Crippen molar-refractivity contribution >= 4 is 21.9 Å². The van der Waals surface area contributed by atoms with Gasteiger partial charge in [-0.1, -0.05) is 28.9 Å². The lowest BCUT2D eigenvalue weighted by Crippen LogP contribution is -2.38. The molecule has 18 heavy (non-hydrogen) atoms. The summed E-state index contributed by atoms with van der Waals surface area (Å²) >= 11 is 3.21. The molecule has 3 nitrogen and oxygen atoms in total. The Kier molecular flexibility index (Phi) is 4.02. The number of hydrogen-bond donors (Lipinski definition) is 1. The maximum atomic E-state index is 13.7. The van der Waals surface area contributed by atoms with E-state index < -0.39 is 12.0 Å². The molecular formula is C13H15BrFNO2. The molecule has 0 spiro atoms. The van der Waals surface area contributed by atoms with E-state index >= 15 is 0 Å². The van der Waals surface area contributed by atoms with Gasteiger partial charge < -0.3 is 5.11 Å². The summed E-state index contributed by atoms with van der Waals surface area (Å²) in [5.41, 5.74) is 0.540. The van der Waals surface area contributed by atoms with Crippen LogP contribution in [-0.2, 0) is 11.3 Å². The lowest BCUT2D eigenvalue weighted by Gasteiger charge is -2.23. The molecule has 2 rings (SSSR count). The summed E-state index contributed by atoms with van der Waals surface area (Å²) in [6.45, 7) is 2.98. The molecule has 1 fully saturated rings. The van der Waals surface area contributed by atoms with Crippen LogP contribution in [0.5, 0.6) is 0 Å². The molecule has 0 aromatic heterocycles. The number of rotatable bonds is 3. The maximum Gasteiger partial charge on any atom is 0.321 e. The number of hydrogen-bond acceptors (Lipinski definition) is 2. The topological polar surface area (TPSA) is 40.5 Å². The molecule has 2 unspecified atom stereocenters. The van der Waals surface area contributed by atoms with E-state index in [2.05, 4.69) is 15.9 Å². The summed E-state index contributed by atoms with van der Waals surface area (Å²) < 4.78 is 14.4. The summed E-state index contributed by atoms with van der Waals surface area (Å²) in [5, 5.41) is 9.20. The Hall–Kier alpha value is -0.940. The number of carbonyl (C=O) groups is 1. The number of nitrogens with zero attached hydrogens (tertiary/aromatic N) is 1. The third-order valence-corrected chi connectivity index (χ3v) is 3.94. The summed E-state index contributed by atoms with van der Waals surface area (Å²) in [7, 11) is 0. The average Bonchev–Trinajstić information content (AvgIpc) is 2.64. The van der Waals surface area contributed by atoms with Gasteiger partial charge in [-0.15, -0.1) is 0 Å². The Morgan fingerprint density at radius 2 is 2.33 bits per heavy atom. The molecule has 98 valence electrons. The van der Waals surface area contributed by atoms with Crippen molar-refractivity contribution in [3.05, 3.63) is 34.1 Å². The minimum Gasteiger partial charge on any atom is -0.480 e. The molecule has 0 amide bonds. The number of carboxylic acid groups (broad SMARTS) is 1. The van der Waals surface area contributed by atoms with Crippen molar-refractivity contribution in [3.63, 3.8) is 0 Å². The van der Waals surface area contributed by atoms with Gasteiger partial charge in [0.2, 0.25) is 0 Å². The van der Waals surface area contributed by atoms with Gasteiger partial charge in [-0.3, -0.25) is 9.69 Å². The minimum absolute atomic E-state index is 0.112. The van der Waals surface area contributed by atoms with Crippen LogP contribution in [0.1, 0.15) is 18.9 Å². The van der Waals surface area contributed by atoms with Crippen LogP contribution < -0.4 is 0 Å². The van der Waals surface area contributed by atoms with E-state index in [1.165, 1.54) is 6.07 Å². The van der Waals surface area contributed by atoms with E-state index in [1.54, 1.807) is 12.1 Å². The van der Waals surface area contributed by atoms with E-state index in [4.69, 9.17) is 0 Å². The Labute approximate surface area is 114 Å². The van der Waals surface area contributed by atoms with Gasteiger partial charge in [-0.2, -0.15) is 0 Å². The average molecular weight is 316 g/mol. The van der Waals surface area contributed by atoms with Gasteiger partial charge >= 0.3 is 5.97 Å². The molecule has 0 bridgehead atoms. The van der Waals surface area contributed by atoms with E-state index in [0.29, 0.717) is 23.1 Å². The van der Waals surface area contributed by atoms with Crippen LogP contribution in [0.2, 0.25) is 0 Å². The van der Waals surface area contributed by atoms with Crippen molar-refractivity contribution in [3.8, 4) is 0 Å². The summed E-state index contributed by atoms with van der Waals surface area (Å²) in [6.07, 6.45) is 0.842. The zero-order chi connectivity index (χ0) is 13.3. The van der Waals surface area contributed by atoms with Gasteiger partial charge in [0.1, 0.15) is 11.9 Å². The Balaban J connectivity index is 2.16. The molecule has 1 aliphatic heterocycles. The lowest BCUT2D eigenvalue weighted by molar-refractivity contribution is -0.143. The third-order valence-electron chi connectivity index (χ3n) is 3.45. The largest absolute Gasteiger partial charge is 0.480 e. The van der Waals surface area contributed by atoms with Crippen LogP contribution in [0.15, 0.2) is 22.7 Å². The smallest absolute Gasteiger partial charge is 0.321 e. The second-order valence-corrected chi connectivity index (χ2v) is 5.67. The number of likely N-dealkylation sites (tertiary alicyclic amines) is 1. The van der Waals surface area contributed by atoms with Gasteiger partial charge in [-0.25, -0.2) is 4.39 Å². The van der Waals surface area contributed by atoms with Gasteiger partial charge in [-0.05, 0) is 31.0 Å². The highest BCUT2D eigenvalue weighted by atomic mass is 79.9. The molecule has 1 N–H and O–H groups in total. The van der Waals surface area contributed by atoms with Crippen LogP contribution in [0.3, 0.4) is 0 Å². The molecule has 1 aliphatic rings. The molecule has 2 atom stereocenters. The Morgan fingerprint density at radius 1 is 1.61 bits per heavy atom. The first-order valence-electron chi connectivity index (χ1n) is 5.90. The van der Waals surface area contributed by atoms with E-state index in [0.717, 1.165) is 6.42 Å². The Bertz CT molecular complexity index is 466. The monoisotopic (exact) mass is 315 g/mol. The summed E-state index contributed by atoms with van der Waals surface area (Å²) in [4.78, 5) is 13.0. The molecular weight excluding hydrogens is 301 g/mol. The molecule has 0 radical (unpaired) electrons. The molecule has 1 heterocycles. The fraction of sp³-hybridized carbons (Fsp3) is 0.462. The van der Waals surface area contributed by atoms with Crippen molar-refractivity contribution in [2.24, 2.45) is 5.92 Å².